The van der Waals surface area contributed by atoms with Crippen LogP contribution >= 0.6 is 0 Å². The lowest BCUT2D eigenvalue weighted by atomic mass is 10.2. The predicted octanol–water partition coefficient (Wildman–Crippen LogP) is 5.39. The van der Waals surface area contributed by atoms with E-state index in [1.165, 1.54) is 28.9 Å². The van der Waals surface area contributed by atoms with Crippen LogP contribution in [0.25, 0.3) is 17.0 Å². The maximum absolute atomic E-state index is 13.7. The number of amides is 1. The highest BCUT2D eigenvalue weighted by atomic mass is 19.4. The Morgan fingerprint density at radius 2 is 1.67 bits per heavy atom. The van der Waals surface area contributed by atoms with Crippen LogP contribution in [0.5, 0.6) is 0 Å². The second-order valence-corrected chi connectivity index (χ2v) is 7.74. The summed E-state index contributed by atoms with van der Waals surface area (Å²) in [6.45, 7) is 0. The number of alkyl halides is 3. The van der Waals surface area contributed by atoms with Gasteiger partial charge in [0.15, 0.2) is 5.69 Å². The second kappa shape index (κ2) is 9.02. The third-order valence-corrected chi connectivity index (χ3v) is 5.31. The summed E-state index contributed by atoms with van der Waals surface area (Å²) >= 11 is 0. The molecule has 3 heterocycles. The third kappa shape index (κ3) is 4.53. The molecule has 180 valence electrons. The number of benzene rings is 2. The lowest BCUT2D eigenvalue weighted by molar-refractivity contribution is -0.140. The SMILES string of the molecule is Nc1ccccc1NC(=O)c1ccc(Nc2nccc(-c3c(C(F)(F)F)nc4ccccn34)n2)cc1. The number of halogens is 3. The van der Waals surface area contributed by atoms with E-state index in [1.807, 2.05) is 0 Å². The summed E-state index contributed by atoms with van der Waals surface area (Å²) in [6.07, 6.45) is -1.81. The first kappa shape index (κ1) is 22.8. The number of imidazole rings is 1. The number of anilines is 4. The van der Waals surface area contributed by atoms with E-state index in [4.69, 9.17) is 5.73 Å². The van der Waals surface area contributed by atoms with Crippen LogP contribution in [0, 0.1) is 0 Å². The molecular formula is C25H18F3N7O. The average Bonchev–Trinajstić information content (AvgIpc) is 3.27. The Kier molecular flexibility index (Phi) is 5.72. The molecule has 0 saturated carbocycles. The number of rotatable bonds is 5. The van der Waals surface area contributed by atoms with Gasteiger partial charge < -0.3 is 16.4 Å². The van der Waals surface area contributed by atoms with Crippen molar-refractivity contribution >= 4 is 34.6 Å². The Labute approximate surface area is 202 Å². The molecule has 8 nitrogen and oxygen atoms in total. The number of aromatic nitrogens is 4. The van der Waals surface area contributed by atoms with Crippen molar-refractivity contribution in [3.05, 3.63) is 96.4 Å². The molecule has 11 heteroatoms. The van der Waals surface area contributed by atoms with E-state index in [9.17, 15) is 18.0 Å². The fourth-order valence-corrected chi connectivity index (χ4v) is 3.63. The minimum Gasteiger partial charge on any atom is -0.397 e. The van der Waals surface area contributed by atoms with Gasteiger partial charge in [0.25, 0.3) is 5.91 Å². The number of nitrogens with two attached hydrogens (primary N) is 1. The second-order valence-electron chi connectivity index (χ2n) is 7.74. The standard InChI is InChI=1S/C25H18F3N7O/c26-25(27,28)22-21(35-14-4-3-7-20(35)34-22)19-12-13-30-24(33-19)31-16-10-8-15(9-11-16)23(36)32-18-6-2-1-5-17(18)29/h1-14H,29H2,(H,32,36)(H,30,31,33). The number of nitrogens with zero attached hydrogens (tertiary/aromatic N) is 4. The van der Waals surface area contributed by atoms with Crippen LogP contribution in [0.4, 0.5) is 36.2 Å². The van der Waals surface area contributed by atoms with Crippen molar-refractivity contribution in [1.82, 2.24) is 19.4 Å². The molecule has 0 radical (unpaired) electrons. The fraction of sp³-hybridized carbons (Fsp3) is 0.0400. The maximum atomic E-state index is 13.7. The zero-order valence-electron chi connectivity index (χ0n) is 18.5. The minimum atomic E-state index is -4.67. The van der Waals surface area contributed by atoms with Gasteiger partial charge in [-0.2, -0.15) is 13.2 Å². The van der Waals surface area contributed by atoms with E-state index >= 15 is 0 Å². The van der Waals surface area contributed by atoms with Gasteiger partial charge in [-0.15, -0.1) is 0 Å². The lowest BCUT2D eigenvalue weighted by Crippen LogP contribution is -2.13. The molecule has 0 unspecified atom stereocenters. The molecule has 0 atom stereocenters. The highest BCUT2D eigenvalue weighted by molar-refractivity contribution is 6.05. The Hall–Kier alpha value is -4.93. The molecule has 4 N–H and O–H groups in total. The van der Waals surface area contributed by atoms with Crippen molar-refractivity contribution in [2.75, 3.05) is 16.4 Å². The summed E-state index contributed by atoms with van der Waals surface area (Å²) in [5.41, 5.74) is 6.72. The van der Waals surface area contributed by atoms with Gasteiger partial charge in [0.1, 0.15) is 11.3 Å². The number of fused-ring (bicyclic) bond motifs is 1. The summed E-state index contributed by atoms with van der Waals surface area (Å²) < 4.78 is 42.5. The van der Waals surface area contributed by atoms with Crippen molar-refractivity contribution in [2.24, 2.45) is 0 Å². The zero-order valence-corrected chi connectivity index (χ0v) is 18.5. The molecule has 1 amide bonds. The quantitative estimate of drug-likeness (QED) is 0.286. The minimum absolute atomic E-state index is 0.0509. The monoisotopic (exact) mass is 489 g/mol. The number of nitrogen functional groups attached to an aromatic ring is 1. The van der Waals surface area contributed by atoms with Gasteiger partial charge in [0, 0.05) is 23.6 Å². The van der Waals surface area contributed by atoms with E-state index in [1.54, 1.807) is 60.7 Å². The van der Waals surface area contributed by atoms with E-state index < -0.39 is 11.9 Å². The first-order valence-electron chi connectivity index (χ1n) is 10.7. The summed E-state index contributed by atoms with van der Waals surface area (Å²) in [6, 6.07) is 19.5. The molecule has 0 aliphatic carbocycles. The van der Waals surface area contributed by atoms with Crippen molar-refractivity contribution in [2.45, 2.75) is 6.18 Å². The molecule has 36 heavy (non-hydrogen) atoms. The van der Waals surface area contributed by atoms with E-state index in [2.05, 4.69) is 25.6 Å². The Balaban J connectivity index is 1.39. The average molecular weight is 489 g/mol. The van der Waals surface area contributed by atoms with Gasteiger partial charge >= 0.3 is 6.18 Å². The third-order valence-electron chi connectivity index (χ3n) is 5.31. The number of hydrogen-bond acceptors (Lipinski definition) is 6. The smallest absolute Gasteiger partial charge is 0.397 e. The molecule has 0 aliphatic heterocycles. The molecular weight excluding hydrogens is 471 g/mol. The molecule has 0 spiro atoms. The number of pyridine rings is 1. The zero-order chi connectivity index (χ0) is 25.3. The highest BCUT2D eigenvalue weighted by Gasteiger charge is 2.38. The van der Waals surface area contributed by atoms with Crippen molar-refractivity contribution in [3.8, 4) is 11.4 Å². The van der Waals surface area contributed by atoms with Gasteiger partial charge in [0.2, 0.25) is 5.95 Å². The van der Waals surface area contributed by atoms with Crippen LogP contribution in [-0.2, 0) is 6.18 Å². The highest BCUT2D eigenvalue weighted by Crippen LogP contribution is 2.36. The Morgan fingerprint density at radius 1 is 0.917 bits per heavy atom. The summed E-state index contributed by atoms with van der Waals surface area (Å²) in [5, 5.41) is 5.69. The Bertz CT molecular complexity index is 1560. The summed E-state index contributed by atoms with van der Waals surface area (Å²) in [5.74, 6) is -0.259. The van der Waals surface area contributed by atoms with Crippen molar-refractivity contribution < 1.29 is 18.0 Å². The molecule has 0 fully saturated rings. The number of carbonyl (C=O) groups excluding carboxylic acids is 1. The van der Waals surface area contributed by atoms with Gasteiger partial charge in [0.05, 0.1) is 17.1 Å². The van der Waals surface area contributed by atoms with Gasteiger partial charge in [-0.05, 0) is 54.6 Å². The largest absolute Gasteiger partial charge is 0.435 e. The number of hydrogen-bond donors (Lipinski definition) is 3. The van der Waals surface area contributed by atoms with Crippen LogP contribution in [-0.4, -0.2) is 25.3 Å². The predicted molar refractivity (Wildman–Crippen MR) is 130 cm³/mol. The molecule has 0 aliphatic rings. The van der Waals surface area contributed by atoms with Crippen LogP contribution in [0.3, 0.4) is 0 Å². The van der Waals surface area contributed by atoms with Gasteiger partial charge in [-0.1, -0.05) is 18.2 Å². The van der Waals surface area contributed by atoms with Crippen molar-refractivity contribution in [3.63, 3.8) is 0 Å². The molecule has 0 bridgehead atoms. The van der Waals surface area contributed by atoms with Crippen LogP contribution in [0.1, 0.15) is 16.1 Å². The van der Waals surface area contributed by atoms with Crippen molar-refractivity contribution in [1.29, 1.82) is 0 Å². The van der Waals surface area contributed by atoms with E-state index in [0.717, 1.165) is 0 Å². The maximum Gasteiger partial charge on any atom is 0.435 e. The normalized spacial score (nSPS) is 11.4. The summed E-state index contributed by atoms with van der Waals surface area (Å²) in [7, 11) is 0. The molecule has 2 aromatic carbocycles. The number of nitrogens with one attached hydrogen (secondary N) is 2. The summed E-state index contributed by atoms with van der Waals surface area (Å²) in [4.78, 5) is 24.7. The van der Waals surface area contributed by atoms with E-state index in [-0.39, 0.29) is 28.9 Å². The fourth-order valence-electron chi connectivity index (χ4n) is 3.63. The van der Waals surface area contributed by atoms with Gasteiger partial charge in [-0.3, -0.25) is 9.20 Å². The van der Waals surface area contributed by atoms with Crippen LogP contribution < -0.4 is 16.4 Å². The van der Waals surface area contributed by atoms with Gasteiger partial charge in [-0.25, -0.2) is 15.0 Å². The molecule has 5 aromatic rings. The molecule has 3 aromatic heterocycles. The van der Waals surface area contributed by atoms with Crippen LogP contribution in [0.15, 0.2) is 85.2 Å². The Morgan fingerprint density at radius 3 is 2.42 bits per heavy atom. The molecule has 0 saturated heterocycles. The first-order chi connectivity index (χ1) is 17.3. The van der Waals surface area contributed by atoms with E-state index in [0.29, 0.717) is 22.6 Å². The lowest BCUT2D eigenvalue weighted by Gasteiger charge is -2.10. The van der Waals surface area contributed by atoms with Crippen LogP contribution in [0.2, 0.25) is 0 Å². The number of para-hydroxylation sites is 2. The molecule has 5 rings (SSSR count). The first-order valence-corrected chi connectivity index (χ1v) is 10.7. The topological polar surface area (TPSA) is 110 Å². The number of carbonyl (C=O) groups is 1.